The molecule has 2 rings (SSSR count). The Morgan fingerprint density at radius 1 is 1.22 bits per heavy atom. The SMILES string of the molecule is CCC(C)(C)NS(=O)(=O)c1cc(-c2onc(C)c2C)ccc1C. The van der Waals surface area contributed by atoms with Crippen molar-refractivity contribution in [2.45, 2.75) is 58.4 Å². The summed E-state index contributed by atoms with van der Waals surface area (Å²) >= 11 is 0. The van der Waals surface area contributed by atoms with Crippen LogP contribution in [0, 0.1) is 20.8 Å². The van der Waals surface area contributed by atoms with E-state index in [0.717, 1.165) is 11.3 Å². The summed E-state index contributed by atoms with van der Waals surface area (Å²) in [6.45, 7) is 11.2. The maximum atomic E-state index is 12.7. The first-order valence-electron chi connectivity index (χ1n) is 7.65. The van der Waals surface area contributed by atoms with Crippen LogP contribution in [0.5, 0.6) is 0 Å². The first-order chi connectivity index (χ1) is 10.6. The van der Waals surface area contributed by atoms with Crippen molar-refractivity contribution in [3.8, 4) is 11.3 Å². The molecule has 0 saturated heterocycles. The van der Waals surface area contributed by atoms with Crippen LogP contribution in [0.15, 0.2) is 27.6 Å². The van der Waals surface area contributed by atoms with E-state index < -0.39 is 15.6 Å². The number of hydrogen-bond donors (Lipinski definition) is 1. The summed E-state index contributed by atoms with van der Waals surface area (Å²) in [5.41, 5.74) is 2.62. The third-order valence-electron chi connectivity index (χ3n) is 4.19. The van der Waals surface area contributed by atoms with Gasteiger partial charge in [0.05, 0.1) is 10.6 Å². The van der Waals surface area contributed by atoms with E-state index in [2.05, 4.69) is 9.88 Å². The van der Waals surface area contributed by atoms with Crippen molar-refractivity contribution < 1.29 is 12.9 Å². The van der Waals surface area contributed by atoms with Crippen LogP contribution in [0.1, 0.15) is 44.0 Å². The van der Waals surface area contributed by atoms with E-state index in [1.165, 1.54) is 0 Å². The Morgan fingerprint density at radius 3 is 2.39 bits per heavy atom. The van der Waals surface area contributed by atoms with Gasteiger partial charge < -0.3 is 4.52 Å². The molecule has 23 heavy (non-hydrogen) atoms. The number of hydrogen-bond acceptors (Lipinski definition) is 4. The van der Waals surface area contributed by atoms with Gasteiger partial charge in [-0.3, -0.25) is 0 Å². The number of aromatic nitrogens is 1. The summed E-state index contributed by atoms with van der Waals surface area (Å²) in [6.07, 6.45) is 0.700. The number of sulfonamides is 1. The second-order valence-corrected chi connectivity index (χ2v) is 8.20. The van der Waals surface area contributed by atoms with Gasteiger partial charge in [0.15, 0.2) is 5.76 Å². The van der Waals surface area contributed by atoms with Crippen LogP contribution in [0.25, 0.3) is 11.3 Å². The Balaban J connectivity index is 2.52. The van der Waals surface area contributed by atoms with Crippen molar-refractivity contribution >= 4 is 10.0 Å². The Bertz CT molecular complexity index is 820. The van der Waals surface area contributed by atoms with Crippen molar-refractivity contribution in [3.05, 3.63) is 35.0 Å². The smallest absolute Gasteiger partial charge is 0.241 e. The summed E-state index contributed by atoms with van der Waals surface area (Å²) < 4.78 is 33.6. The maximum Gasteiger partial charge on any atom is 0.241 e. The lowest BCUT2D eigenvalue weighted by Gasteiger charge is -2.24. The van der Waals surface area contributed by atoms with Crippen molar-refractivity contribution in [1.82, 2.24) is 9.88 Å². The standard InChI is InChI=1S/C17H24N2O3S/c1-7-17(5,6)19-23(20,21)15-10-14(9-8-11(15)2)16-12(3)13(4)18-22-16/h8-10,19H,7H2,1-6H3. The second-order valence-electron chi connectivity index (χ2n) is 6.55. The van der Waals surface area contributed by atoms with Gasteiger partial charge in [0.2, 0.25) is 10.0 Å². The van der Waals surface area contributed by atoms with Crippen LogP contribution >= 0.6 is 0 Å². The molecule has 0 aliphatic rings. The largest absolute Gasteiger partial charge is 0.356 e. The molecule has 0 atom stereocenters. The van der Waals surface area contributed by atoms with Crippen molar-refractivity contribution in [2.24, 2.45) is 0 Å². The molecule has 1 N–H and O–H groups in total. The highest BCUT2D eigenvalue weighted by molar-refractivity contribution is 7.89. The van der Waals surface area contributed by atoms with Crippen LogP contribution in [-0.4, -0.2) is 19.1 Å². The van der Waals surface area contributed by atoms with Gasteiger partial charge in [-0.05, 0) is 52.7 Å². The van der Waals surface area contributed by atoms with E-state index in [9.17, 15) is 8.42 Å². The minimum absolute atomic E-state index is 0.268. The Labute approximate surface area is 138 Å². The molecule has 0 saturated carbocycles. The molecule has 0 unspecified atom stereocenters. The Hall–Kier alpha value is -1.66. The van der Waals surface area contributed by atoms with E-state index in [-0.39, 0.29) is 4.90 Å². The lowest BCUT2D eigenvalue weighted by atomic mass is 10.0. The number of rotatable bonds is 5. The van der Waals surface area contributed by atoms with Gasteiger partial charge in [0, 0.05) is 16.7 Å². The molecule has 126 valence electrons. The predicted molar refractivity (Wildman–Crippen MR) is 90.8 cm³/mol. The zero-order valence-corrected chi connectivity index (χ0v) is 15.3. The molecule has 0 aliphatic heterocycles. The van der Waals surface area contributed by atoms with E-state index in [0.29, 0.717) is 23.3 Å². The maximum absolute atomic E-state index is 12.7. The topological polar surface area (TPSA) is 72.2 Å². The van der Waals surface area contributed by atoms with E-state index in [4.69, 9.17) is 4.52 Å². The lowest BCUT2D eigenvalue weighted by molar-refractivity contribution is 0.426. The van der Waals surface area contributed by atoms with Gasteiger partial charge in [0.25, 0.3) is 0 Å². The summed E-state index contributed by atoms with van der Waals surface area (Å²) in [6, 6.07) is 5.29. The predicted octanol–water partition coefficient (Wildman–Crippen LogP) is 3.73. The van der Waals surface area contributed by atoms with Crippen LogP contribution < -0.4 is 4.72 Å². The van der Waals surface area contributed by atoms with Gasteiger partial charge in [-0.2, -0.15) is 0 Å². The van der Waals surface area contributed by atoms with E-state index in [1.807, 2.05) is 40.7 Å². The quantitative estimate of drug-likeness (QED) is 0.903. The van der Waals surface area contributed by atoms with Gasteiger partial charge in [-0.25, -0.2) is 13.1 Å². The first-order valence-corrected chi connectivity index (χ1v) is 9.13. The fraction of sp³-hybridized carbons (Fsp3) is 0.471. The minimum atomic E-state index is -3.61. The highest BCUT2D eigenvalue weighted by Crippen LogP contribution is 2.29. The molecule has 1 aromatic heterocycles. The molecule has 0 fully saturated rings. The molecule has 0 bridgehead atoms. The highest BCUT2D eigenvalue weighted by Gasteiger charge is 2.26. The molecule has 1 aromatic carbocycles. The fourth-order valence-electron chi connectivity index (χ4n) is 2.21. The number of nitrogens with one attached hydrogen (secondary N) is 1. The zero-order valence-electron chi connectivity index (χ0n) is 14.5. The van der Waals surface area contributed by atoms with Crippen LogP contribution in [0.2, 0.25) is 0 Å². The van der Waals surface area contributed by atoms with E-state index >= 15 is 0 Å². The molecular formula is C17H24N2O3S. The highest BCUT2D eigenvalue weighted by atomic mass is 32.2. The summed E-state index contributed by atoms with van der Waals surface area (Å²) in [5, 5.41) is 3.94. The number of aryl methyl sites for hydroxylation is 2. The van der Waals surface area contributed by atoms with Crippen LogP contribution in [0.3, 0.4) is 0 Å². The van der Waals surface area contributed by atoms with Crippen molar-refractivity contribution in [2.75, 3.05) is 0 Å². The fourth-order valence-corrected chi connectivity index (χ4v) is 3.96. The van der Waals surface area contributed by atoms with Crippen molar-refractivity contribution in [1.29, 1.82) is 0 Å². The molecule has 5 nitrogen and oxygen atoms in total. The molecule has 0 aliphatic carbocycles. The molecule has 1 heterocycles. The first kappa shape index (κ1) is 17.7. The minimum Gasteiger partial charge on any atom is -0.356 e. The molecule has 0 spiro atoms. The average Bonchev–Trinajstić information content (AvgIpc) is 2.78. The second kappa shape index (κ2) is 6.09. The summed E-state index contributed by atoms with van der Waals surface area (Å²) in [7, 11) is -3.61. The molecule has 0 radical (unpaired) electrons. The monoisotopic (exact) mass is 336 g/mol. The van der Waals surface area contributed by atoms with Crippen molar-refractivity contribution in [3.63, 3.8) is 0 Å². The van der Waals surface area contributed by atoms with Crippen LogP contribution in [0.4, 0.5) is 0 Å². The lowest BCUT2D eigenvalue weighted by Crippen LogP contribution is -2.42. The number of benzene rings is 1. The zero-order chi connectivity index (χ0) is 17.4. The average molecular weight is 336 g/mol. The van der Waals surface area contributed by atoms with Gasteiger partial charge in [-0.1, -0.05) is 24.2 Å². The van der Waals surface area contributed by atoms with Gasteiger partial charge >= 0.3 is 0 Å². The number of nitrogens with zero attached hydrogens (tertiary/aromatic N) is 1. The Morgan fingerprint density at radius 2 is 1.87 bits per heavy atom. The van der Waals surface area contributed by atoms with Crippen LogP contribution in [-0.2, 0) is 10.0 Å². The summed E-state index contributed by atoms with van der Waals surface area (Å²) in [5.74, 6) is 0.605. The third kappa shape index (κ3) is 3.64. The third-order valence-corrected chi connectivity index (χ3v) is 6.03. The molecular weight excluding hydrogens is 312 g/mol. The normalized spacial score (nSPS) is 12.6. The summed E-state index contributed by atoms with van der Waals surface area (Å²) in [4.78, 5) is 0.268. The Kier molecular flexibility index (Phi) is 4.69. The van der Waals surface area contributed by atoms with Gasteiger partial charge in [0.1, 0.15) is 0 Å². The van der Waals surface area contributed by atoms with E-state index in [1.54, 1.807) is 19.1 Å². The molecule has 0 amide bonds. The van der Waals surface area contributed by atoms with Gasteiger partial charge in [-0.15, -0.1) is 0 Å². The molecule has 2 aromatic rings. The molecule has 6 heteroatoms.